The van der Waals surface area contributed by atoms with Crippen LogP contribution in [0, 0.1) is 0 Å². The molecule has 2 heteroatoms. The minimum atomic E-state index is -0.00213. The summed E-state index contributed by atoms with van der Waals surface area (Å²) in [7, 11) is 0. The minimum Gasteiger partial charge on any atom is -0.344 e. The quantitative estimate of drug-likeness (QED) is 0.661. The van der Waals surface area contributed by atoms with Crippen LogP contribution in [-0.4, -0.2) is 5.54 Å². The molecule has 0 aromatic heterocycles. The molecule has 0 heterocycles. The number of nitrogens with two attached hydrogens (primary N) is 1. The summed E-state index contributed by atoms with van der Waals surface area (Å²) >= 11 is 0. The first-order valence-corrected chi connectivity index (χ1v) is 4.48. The Hall–Kier alpha value is -0.340. The smallest absolute Gasteiger partial charge is 0.0160 e. The van der Waals surface area contributed by atoms with Gasteiger partial charge in [-0.25, -0.2) is 0 Å². The van der Waals surface area contributed by atoms with Gasteiger partial charge in [-0.2, -0.15) is 0 Å². The van der Waals surface area contributed by atoms with E-state index in [1.54, 1.807) is 0 Å². The fourth-order valence-corrected chi connectivity index (χ4v) is 1.07. The Kier molecular flexibility index (Phi) is 11.7. The molecule has 0 fully saturated rings. The number of hydrogen-bond acceptors (Lipinski definition) is 2. The average molecular weight is 188 g/mol. The molecule has 0 saturated heterocycles. The molecule has 82 valence electrons. The Morgan fingerprint density at radius 1 is 1.38 bits per heavy atom. The van der Waals surface area contributed by atoms with Gasteiger partial charge in [-0.05, 0) is 33.1 Å². The van der Waals surface area contributed by atoms with Gasteiger partial charge < -0.3 is 11.9 Å². The van der Waals surface area contributed by atoms with Crippen molar-refractivity contribution in [2.75, 3.05) is 0 Å². The van der Waals surface area contributed by atoms with E-state index in [1.165, 1.54) is 5.57 Å². The molecule has 2 nitrogen and oxygen atoms in total. The predicted octanol–water partition coefficient (Wildman–Crippen LogP) is 3.66. The summed E-state index contributed by atoms with van der Waals surface area (Å²) in [6.45, 7) is 8.53. The molecule has 0 amide bonds. The summed E-state index contributed by atoms with van der Waals surface area (Å²) in [5.41, 5.74) is 7.49. The third-order valence-electron chi connectivity index (χ3n) is 2.30. The summed E-state index contributed by atoms with van der Waals surface area (Å²) in [5, 5.41) is 0. The average Bonchev–Trinajstić information content (AvgIpc) is 2.00. The van der Waals surface area contributed by atoms with Crippen LogP contribution in [0.2, 0.25) is 0 Å². The van der Waals surface area contributed by atoms with Crippen molar-refractivity contribution in [1.29, 1.82) is 0 Å². The maximum atomic E-state index is 6.03. The van der Waals surface area contributed by atoms with E-state index in [0.717, 1.165) is 19.3 Å². The molecule has 0 aromatic carbocycles. The van der Waals surface area contributed by atoms with Gasteiger partial charge in [0.15, 0.2) is 0 Å². The first-order chi connectivity index (χ1) is 5.05. The van der Waals surface area contributed by atoms with Gasteiger partial charge in [0.05, 0.1) is 0 Å². The lowest BCUT2D eigenvalue weighted by Gasteiger charge is -2.23. The van der Waals surface area contributed by atoms with Crippen molar-refractivity contribution in [3.63, 3.8) is 0 Å². The van der Waals surface area contributed by atoms with E-state index in [9.17, 15) is 0 Å². The molecular weight excluding hydrogens is 160 g/mol. The van der Waals surface area contributed by atoms with Crippen LogP contribution in [0.4, 0.5) is 0 Å². The van der Waals surface area contributed by atoms with Crippen LogP contribution in [0.5, 0.6) is 0 Å². The van der Waals surface area contributed by atoms with Crippen molar-refractivity contribution < 1.29 is 0 Å². The molecule has 5 N–H and O–H groups in total. The molecule has 0 rings (SSSR count). The molecule has 0 spiro atoms. The second-order valence-electron chi connectivity index (χ2n) is 3.48. The molecule has 1 unspecified atom stereocenters. The number of allylic oxidation sites excluding steroid dienone is 1. The first kappa shape index (κ1) is 18.4. The minimum absolute atomic E-state index is 0. The molecule has 13 heavy (non-hydrogen) atoms. The van der Waals surface area contributed by atoms with E-state index in [0.29, 0.717) is 0 Å². The lowest BCUT2D eigenvalue weighted by molar-refractivity contribution is 0.444. The van der Waals surface area contributed by atoms with Crippen molar-refractivity contribution in [3.8, 4) is 0 Å². The molecule has 0 saturated carbocycles. The zero-order valence-corrected chi connectivity index (χ0v) is 8.98. The molecule has 0 aliphatic rings. The van der Waals surface area contributed by atoms with E-state index in [2.05, 4.69) is 33.8 Å². The summed E-state index contributed by atoms with van der Waals surface area (Å²) in [5.74, 6) is 0. The van der Waals surface area contributed by atoms with Gasteiger partial charge in [-0.15, -0.1) is 0 Å². The molecule has 1 atom stereocenters. The van der Waals surface area contributed by atoms with Gasteiger partial charge in [-0.1, -0.05) is 32.9 Å². The summed E-state index contributed by atoms with van der Waals surface area (Å²) in [6.07, 6.45) is 5.39. The lowest BCUT2D eigenvalue weighted by Crippen LogP contribution is -2.35. The zero-order chi connectivity index (χ0) is 8.91. The Morgan fingerprint density at radius 2 is 1.85 bits per heavy atom. The standard InChI is InChI=1S/C10H21N.CH4.H3N/c1-5-9(6-2)8-10(4,11)7-3;;/h5H,6-8,11H2,1-4H3;1H4;1H3/b9-5-;;. The van der Waals surface area contributed by atoms with Crippen molar-refractivity contribution in [2.24, 2.45) is 5.73 Å². The van der Waals surface area contributed by atoms with Gasteiger partial charge >= 0.3 is 0 Å². The highest BCUT2D eigenvalue weighted by molar-refractivity contribution is 5.04. The second kappa shape index (κ2) is 8.27. The fourth-order valence-electron chi connectivity index (χ4n) is 1.07. The Labute approximate surface area is 84.2 Å². The Balaban J connectivity index is -0.000000500. The predicted molar refractivity (Wildman–Crippen MR) is 63.3 cm³/mol. The van der Waals surface area contributed by atoms with Crippen molar-refractivity contribution in [2.45, 2.75) is 59.9 Å². The van der Waals surface area contributed by atoms with E-state index in [1.807, 2.05) is 0 Å². The molecule has 0 bridgehead atoms. The first-order valence-electron chi connectivity index (χ1n) is 4.48. The normalized spacial score (nSPS) is 15.3. The molecular formula is C11H28N2. The Morgan fingerprint density at radius 3 is 2.08 bits per heavy atom. The lowest BCUT2D eigenvalue weighted by atomic mass is 9.90. The van der Waals surface area contributed by atoms with Gasteiger partial charge in [0.1, 0.15) is 0 Å². The van der Waals surface area contributed by atoms with E-state index in [4.69, 9.17) is 5.73 Å². The fraction of sp³-hybridized carbons (Fsp3) is 0.818. The van der Waals surface area contributed by atoms with Gasteiger partial charge in [0.25, 0.3) is 0 Å². The third-order valence-corrected chi connectivity index (χ3v) is 2.30. The van der Waals surface area contributed by atoms with Gasteiger partial charge in [0, 0.05) is 5.54 Å². The van der Waals surface area contributed by atoms with Crippen LogP contribution in [0.25, 0.3) is 0 Å². The molecule has 0 aliphatic heterocycles. The van der Waals surface area contributed by atoms with E-state index < -0.39 is 0 Å². The van der Waals surface area contributed by atoms with Gasteiger partial charge in [-0.3, -0.25) is 0 Å². The summed E-state index contributed by atoms with van der Waals surface area (Å²) < 4.78 is 0. The van der Waals surface area contributed by atoms with Crippen LogP contribution in [0.1, 0.15) is 54.4 Å². The monoisotopic (exact) mass is 188 g/mol. The van der Waals surface area contributed by atoms with Crippen LogP contribution in [0.3, 0.4) is 0 Å². The highest BCUT2D eigenvalue weighted by Gasteiger charge is 2.15. The maximum absolute atomic E-state index is 6.03. The number of hydrogen-bond donors (Lipinski definition) is 2. The van der Waals surface area contributed by atoms with Crippen LogP contribution in [-0.2, 0) is 0 Å². The third kappa shape index (κ3) is 8.00. The largest absolute Gasteiger partial charge is 0.344 e. The van der Waals surface area contributed by atoms with Crippen LogP contribution < -0.4 is 11.9 Å². The number of rotatable bonds is 4. The summed E-state index contributed by atoms with van der Waals surface area (Å²) in [6, 6.07) is 0. The summed E-state index contributed by atoms with van der Waals surface area (Å²) in [4.78, 5) is 0. The maximum Gasteiger partial charge on any atom is 0.0160 e. The molecule has 0 aliphatic carbocycles. The zero-order valence-electron chi connectivity index (χ0n) is 8.98. The highest BCUT2D eigenvalue weighted by atomic mass is 14.7. The van der Waals surface area contributed by atoms with Crippen LogP contribution in [0.15, 0.2) is 11.6 Å². The highest BCUT2D eigenvalue weighted by Crippen LogP contribution is 2.18. The van der Waals surface area contributed by atoms with Crippen LogP contribution >= 0.6 is 0 Å². The Bertz CT molecular complexity index is 137. The SMILES string of the molecule is C.C/C=C(/CC)CC(C)(N)CC.N. The van der Waals surface area contributed by atoms with E-state index in [-0.39, 0.29) is 19.1 Å². The van der Waals surface area contributed by atoms with Crippen molar-refractivity contribution in [3.05, 3.63) is 11.6 Å². The molecule has 0 radical (unpaired) electrons. The second-order valence-corrected chi connectivity index (χ2v) is 3.48. The van der Waals surface area contributed by atoms with Crippen molar-refractivity contribution in [1.82, 2.24) is 6.15 Å². The van der Waals surface area contributed by atoms with E-state index >= 15 is 0 Å². The topological polar surface area (TPSA) is 61.0 Å². The molecule has 0 aromatic rings. The van der Waals surface area contributed by atoms with Crippen molar-refractivity contribution >= 4 is 0 Å². The van der Waals surface area contributed by atoms with Gasteiger partial charge in [0.2, 0.25) is 0 Å².